The lowest BCUT2D eigenvalue weighted by Gasteiger charge is -2.19. The molecule has 0 atom stereocenters. The van der Waals surface area contributed by atoms with Crippen LogP contribution in [-0.2, 0) is 27.7 Å². The molecule has 0 spiro atoms. The molecule has 27 heavy (non-hydrogen) atoms. The maximum Gasteiger partial charge on any atom is 0.265 e. The molecule has 0 bridgehead atoms. The molecule has 1 amide bonds. The molecule has 0 saturated carbocycles. The Morgan fingerprint density at radius 2 is 1.96 bits per heavy atom. The lowest BCUT2D eigenvalue weighted by Crippen LogP contribution is -2.29. The van der Waals surface area contributed by atoms with Crippen molar-refractivity contribution >= 4 is 38.3 Å². The Morgan fingerprint density at radius 3 is 2.81 bits per heavy atom. The van der Waals surface area contributed by atoms with Crippen LogP contribution < -0.4 is 9.62 Å². The summed E-state index contributed by atoms with van der Waals surface area (Å²) < 4.78 is 27.9. The van der Waals surface area contributed by atoms with Gasteiger partial charge in [-0.05, 0) is 54.3 Å². The van der Waals surface area contributed by atoms with Gasteiger partial charge >= 0.3 is 0 Å². The van der Waals surface area contributed by atoms with Crippen molar-refractivity contribution in [2.45, 2.75) is 24.7 Å². The molecular formula is C20H17N3O3S. The molecule has 6 nitrogen and oxygen atoms in total. The van der Waals surface area contributed by atoms with E-state index in [0.29, 0.717) is 30.0 Å². The maximum atomic E-state index is 13.3. The first kappa shape index (κ1) is 16.3. The predicted molar refractivity (Wildman–Crippen MR) is 103 cm³/mol. The molecular weight excluding hydrogens is 362 g/mol. The van der Waals surface area contributed by atoms with Gasteiger partial charge in [0.2, 0.25) is 5.91 Å². The molecule has 7 heteroatoms. The van der Waals surface area contributed by atoms with Gasteiger partial charge in [-0.3, -0.25) is 4.79 Å². The Hall–Kier alpha value is -2.93. The second-order valence-electron chi connectivity index (χ2n) is 6.99. The van der Waals surface area contributed by atoms with Crippen LogP contribution in [0.15, 0.2) is 47.4 Å². The topological polar surface area (TPSA) is 79.4 Å². The number of para-hydroxylation sites is 1. The van der Waals surface area contributed by atoms with E-state index in [9.17, 15) is 13.2 Å². The van der Waals surface area contributed by atoms with E-state index in [2.05, 4.69) is 5.32 Å². The molecule has 2 aliphatic heterocycles. The predicted octanol–water partition coefficient (Wildman–Crippen LogP) is 2.79. The Bertz CT molecular complexity index is 1230. The molecule has 3 heterocycles. The summed E-state index contributed by atoms with van der Waals surface area (Å²) >= 11 is 0. The smallest absolute Gasteiger partial charge is 0.265 e. The van der Waals surface area contributed by atoms with Crippen molar-refractivity contribution in [3.8, 4) is 0 Å². The van der Waals surface area contributed by atoms with E-state index in [0.717, 1.165) is 22.0 Å². The van der Waals surface area contributed by atoms with Crippen LogP contribution in [0.2, 0.25) is 0 Å². The number of rotatable bonds is 2. The Balaban J connectivity index is 1.62. The van der Waals surface area contributed by atoms with Crippen molar-refractivity contribution < 1.29 is 13.2 Å². The van der Waals surface area contributed by atoms with Crippen molar-refractivity contribution in [3.05, 3.63) is 59.2 Å². The number of nitrogens with one attached hydrogen (secondary N) is 1. The molecule has 0 saturated heterocycles. The standard InChI is InChI=1S/C20H17N3O3S/c1-12-3-2-4-13-9-14-7-8-23(20(14)22-19(12)13)27(25,26)16-5-6-17-15(10-16)11-18(24)21-17/h2-6,9-10H,7-8,11H2,1H3,(H,21,24). The number of aryl methyl sites for hydroxylation is 1. The summed E-state index contributed by atoms with van der Waals surface area (Å²) in [5.74, 6) is 0.390. The third-order valence-corrected chi connectivity index (χ3v) is 7.00. The fourth-order valence-corrected chi connectivity index (χ4v) is 5.34. The number of benzene rings is 2. The van der Waals surface area contributed by atoms with Crippen LogP contribution in [-0.4, -0.2) is 25.9 Å². The summed E-state index contributed by atoms with van der Waals surface area (Å²) in [5.41, 5.74) is 4.17. The lowest BCUT2D eigenvalue weighted by atomic mass is 10.1. The number of pyridine rings is 1. The number of hydrogen-bond donors (Lipinski definition) is 1. The average molecular weight is 379 g/mol. The molecule has 136 valence electrons. The van der Waals surface area contributed by atoms with Gasteiger partial charge in [0, 0.05) is 17.6 Å². The first-order valence-electron chi connectivity index (χ1n) is 8.78. The average Bonchev–Trinajstić information content (AvgIpc) is 3.22. The number of carbonyl (C=O) groups excluding carboxylic acids is 1. The van der Waals surface area contributed by atoms with Crippen LogP contribution in [0, 0.1) is 6.92 Å². The highest BCUT2D eigenvalue weighted by atomic mass is 32.2. The van der Waals surface area contributed by atoms with Crippen LogP contribution in [0.1, 0.15) is 16.7 Å². The van der Waals surface area contributed by atoms with Gasteiger partial charge in [0.05, 0.1) is 16.8 Å². The first-order valence-corrected chi connectivity index (χ1v) is 10.2. The van der Waals surface area contributed by atoms with E-state index in [1.165, 1.54) is 4.31 Å². The number of sulfonamides is 1. The number of amides is 1. The van der Waals surface area contributed by atoms with Crippen molar-refractivity contribution in [1.82, 2.24) is 4.98 Å². The lowest BCUT2D eigenvalue weighted by molar-refractivity contribution is -0.115. The largest absolute Gasteiger partial charge is 0.326 e. The number of carbonyl (C=O) groups is 1. The van der Waals surface area contributed by atoms with Crippen LogP contribution in [0.25, 0.3) is 10.9 Å². The highest BCUT2D eigenvalue weighted by Crippen LogP contribution is 2.35. The van der Waals surface area contributed by atoms with E-state index in [-0.39, 0.29) is 17.2 Å². The third-order valence-electron chi connectivity index (χ3n) is 5.21. The molecule has 1 aromatic heterocycles. The van der Waals surface area contributed by atoms with Crippen molar-refractivity contribution in [3.63, 3.8) is 0 Å². The first-order chi connectivity index (χ1) is 12.9. The monoisotopic (exact) mass is 379 g/mol. The summed E-state index contributed by atoms with van der Waals surface area (Å²) in [6.45, 7) is 2.34. The van der Waals surface area contributed by atoms with Gasteiger partial charge in [-0.1, -0.05) is 18.2 Å². The van der Waals surface area contributed by atoms with E-state index in [4.69, 9.17) is 4.98 Å². The Kier molecular flexibility index (Phi) is 3.33. The van der Waals surface area contributed by atoms with Gasteiger partial charge in [0.25, 0.3) is 10.0 Å². The number of hydrogen-bond acceptors (Lipinski definition) is 4. The zero-order valence-electron chi connectivity index (χ0n) is 14.7. The quantitative estimate of drug-likeness (QED) is 0.743. The Morgan fingerprint density at radius 1 is 1.11 bits per heavy atom. The normalized spacial score (nSPS) is 15.7. The number of aromatic nitrogens is 1. The molecule has 2 aliphatic rings. The minimum atomic E-state index is -3.74. The van der Waals surface area contributed by atoms with Gasteiger partial charge in [0.1, 0.15) is 5.82 Å². The van der Waals surface area contributed by atoms with Gasteiger partial charge in [-0.2, -0.15) is 0 Å². The molecule has 1 N–H and O–H groups in total. The van der Waals surface area contributed by atoms with Gasteiger partial charge in [0.15, 0.2) is 0 Å². The highest BCUT2D eigenvalue weighted by molar-refractivity contribution is 7.92. The zero-order chi connectivity index (χ0) is 18.8. The van der Waals surface area contributed by atoms with Crippen LogP contribution >= 0.6 is 0 Å². The fourth-order valence-electron chi connectivity index (χ4n) is 3.84. The second kappa shape index (κ2) is 5.53. The van der Waals surface area contributed by atoms with E-state index in [1.807, 2.05) is 31.2 Å². The van der Waals surface area contributed by atoms with Crippen LogP contribution in [0.3, 0.4) is 0 Å². The molecule has 2 aromatic carbocycles. The summed E-state index contributed by atoms with van der Waals surface area (Å²) in [6.07, 6.45) is 0.841. The molecule has 0 radical (unpaired) electrons. The summed E-state index contributed by atoms with van der Waals surface area (Å²) in [5, 5.41) is 3.75. The van der Waals surface area contributed by atoms with E-state index < -0.39 is 10.0 Å². The van der Waals surface area contributed by atoms with Crippen molar-refractivity contribution in [2.24, 2.45) is 0 Å². The molecule has 0 unspecified atom stereocenters. The SMILES string of the molecule is Cc1cccc2cc3c(nc12)N(S(=O)(=O)c1ccc2c(c1)CC(=O)N2)CC3. The molecule has 0 aliphatic carbocycles. The molecule has 3 aromatic rings. The van der Waals surface area contributed by atoms with E-state index >= 15 is 0 Å². The van der Waals surface area contributed by atoms with E-state index in [1.54, 1.807) is 18.2 Å². The second-order valence-corrected chi connectivity index (χ2v) is 8.85. The van der Waals surface area contributed by atoms with Gasteiger partial charge in [-0.25, -0.2) is 17.7 Å². The fraction of sp³-hybridized carbons (Fsp3) is 0.200. The summed E-state index contributed by atoms with van der Waals surface area (Å²) in [7, 11) is -3.74. The molecule has 5 rings (SSSR count). The van der Waals surface area contributed by atoms with Gasteiger partial charge in [-0.15, -0.1) is 0 Å². The minimum Gasteiger partial charge on any atom is -0.326 e. The Labute approximate surface area is 156 Å². The van der Waals surface area contributed by atoms with Crippen molar-refractivity contribution in [1.29, 1.82) is 0 Å². The van der Waals surface area contributed by atoms with Crippen LogP contribution in [0.4, 0.5) is 11.5 Å². The third kappa shape index (κ3) is 2.42. The minimum absolute atomic E-state index is 0.116. The zero-order valence-corrected chi connectivity index (χ0v) is 15.5. The van der Waals surface area contributed by atoms with Gasteiger partial charge < -0.3 is 5.32 Å². The number of anilines is 2. The maximum absolute atomic E-state index is 13.3. The molecule has 0 fully saturated rings. The van der Waals surface area contributed by atoms with Crippen molar-refractivity contribution in [2.75, 3.05) is 16.2 Å². The summed E-state index contributed by atoms with van der Waals surface area (Å²) in [6, 6.07) is 12.8. The van der Waals surface area contributed by atoms with Crippen LogP contribution in [0.5, 0.6) is 0 Å². The number of nitrogens with zero attached hydrogens (tertiary/aromatic N) is 2. The highest BCUT2D eigenvalue weighted by Gasteiger charge is 2.33. The number of fused-ring (bicyclic) bond motifs is 3. The summed E-state index contributed by atoms with van der Waals surface area (Å²) in [4.78, 5) is 16.4.